The quantitative estimate of drug-likeness (QED) is 0.282. The highest BCUT2D eigenvalue weighted by Crippen LogP contribution is 2.29. The predicted octanol–water partition coefficient (Wildman–Crippen LogP) is -1.47. The molecule has 0 aromatic carbocycles. The van der Waals surface area contributed by atoms with Crippen LogP contribution in [0, 0.1) is 0 Å². The number of aromatic nitrogens is 1. The lowest BCUT2D eigenvalue weighted by Crippen LogP contribution is -2.14. The number of nitrogens with zero attached hydrogens (tertiary/aromatic N) is 1. The van der Waals surface area contributed by atoms with Gasteiger partial charge in [0, 0.05) is 0 Å². The molecule has 10 heavy (non-hydrogen) atoms. The fourth-order valence-electron chi connectivity index (χ4n) is 0.665. The van der Waals surface area contributed by atoms with Crippen LogP contribution in [-0.4, -0.2) is 4.68 Å². The molecule has 10 N–H and O–H groups in total. The summed E-state index contributed by atoms with van der Waals surface area (Å²) in [7, 11) is 0. The molecule has 0 radical (unpaired) electrons. The summed E-state index contributed by atoms with van der Waals surface area (Å²) in [5.41, 5.74) is 21.9. The molecule has 1 aromatic rings. The van der Waals surface area contributed by atoms with E-state index in [1.807, 2.05) is 0 Å². The largest absolute Gasteiger partial charge is 0.394 e. The molecule has 0 spiro atoms. The molecule has 1 heterocycles. The van der Waals surface area contributed by atoms with E-state index in [0.717, 1.165) is 4.68 Å². The summed E-state index contributed by atoms with van der Waals surface area (Å²) in [6, 6.07) is 0. The van der Waals surface area contributed by atoms with Crippen LogP contribution < -0.4 is 28.8 Å². The van der Waals surface area contributed by atoms with E-state index in [4.69, 9.17) is 28.8 Å². The molecule has 0 aliphatic rings. The number of nitrogens with two attached hydrogens (primary N) is 5. The van der Waals surface area contributed by atoms with Gasteiger partial charge < -0.3 is 28.8 Å². The molecule has 0 aliphatic carbocycles. The van der Waals surface area contributed by atoms with Gasteiger partial charge in [-0.25, -0.2) is 4.68 Å². The van der Waals surface area contributed by atoms with Crippen molar-refractivity contribution < 1.29 is 0 Å². The van der Waals surface area contributed by atoms with Crippen molar-refractivity contribution in [2.45, 2.75) is 0 Å². The molecule has 0 atom stereocenters. The zero-order valence-corrected chi connectivity index (χ0v) is 5.33. The van der Waals surface area contributed by atoms with Crippen LogP contribution in [0.1, 0.15) is 0 Å². The summed E-state index contributed by atoms with van der Waals surface area (Å²) in [4.78, 5) is 0. The second kappa shape index (κ2) is 1.63. The van der Waals surface area contributed by atoms with E-state index < -0.39 is 0 Å². The maximum absolute atomic E-state index is 5.37. The highest BCUT2D eigenvalue weighted by Gasteiger charge is 2.11. The van der Waals surface area contributed by atoms with Crippen LogP contribution in [-0.2, 0) is 0 Å². The molecule has 1 rings (SSSR count). The average Bonchev–Trinajstić information content (AvgIpc) is 2.07. The first kappa shape index (κ1) is 6.40. The molecular weight excluding hydrogens is 132 g/mol. The molecule has 0 amide bonds. The Morgan fingerprint density at radius 3 is 1.20 bits per heavy atom. The van der Waals surface area contributed by atoms with Gasteiger partial charge in [0.25, 0.3) is 0 Å². The minimum atomic E-state index is 0.190. The van der Waals surface area contributed by atoms with Gasteiger partial charge in [-0.15, -0.1) is 0 Å². The molecule has 56 valence electrons. The van der Waals surface area contributed by atoms with Gasteiger partial charge in [0.2, 0.25) is 0 Å². The van der Waals surface area contributed by atoms with Gasteiger partial charge in [-0.2, -0.15) is 0 Å². The number of rotatable bonds is 0. The maximum atomic E-state index is 5.37. The fraction of sp³-hybridized carbons (Fsp3) is 0. The third kappa shape index (κ3) is 0.524. The molecule has 6 nitrogen and oxygen atoms in total. The van der Waals surface area contributed by atoms with Crippen LogP contribution in [0.2, 0.25) is 0 Å². The number of hydrogen-bond acceptors (Lipinski definition) is 5. The number of hydrogen-bond donors (Lipinski definition) is 5. The monoisotopic (exact) mass is 142 g/mol. The van der Waals surface area contributed by atoms with Gasteiger partial charge >= 0.3 is 0 Å². The summed E-state index contributed by atoms with van der Waals surface area (Å²) in [6.45, 7) is 0. The number of nitrogen functional groups attached to an aromatic ring is 5. The van der Waals surface area contributed by atoms with E-state index in [-0.39, 0.29) is 23.0 Å². The predicted molar refractivity (Wildman–Crippen MR) is 42.2 cm³/mol. The zero-order chi connectivity index (χ0) is 7.89. The van der Waals surface area contributed by atoms with E-state index in [1.54, 1.807) is 0 Å². The Hall–Kier alpha value is -1.72. The Morgan fingerprint density at radius 2 is 1.10 bits per heavy atom. The van der Waals surface area contributed by atoms with Gasteiger partial charge in [-0.3, -0.25) is 0 Å². The first-order valence-electron chi connectivity index (χ1n) is 2.61. The smallest absolute Gasteiger partial charge is 0.150 e. The number of anilines is 4. The van der Waals surface area contributed by atoms with Crippen molar-refractivity contribution >= 4 is 23.0 Å². The van der Waals surface area contributed by atoms with Gasteiger partial charge in [-0.05, 0) is 0 Å². The molecule has 0 unspecified atom stereocenters. The average molecular weight is 142 g/mol. The van der Waals surface area contributed by atoms with Crippen LogP contribution in [0.15, 0.2) is 0 Å². The van der Waals surface area contributed by atoms with Crippen LogP contribution in [0.5, 0.6) is 0 Å². The molecule has 0 saturated heterocycles. The summed E-state index contributed by atoms with van der Waals surface area (Å²) < 4.78 is 1.05. The zero-order valence-electron chi connectivity index (χ0n) is 5.33. The Morgan fingerprint density at radius 1 is 0.800 bits per heavy atom. The van der Waals surface area contributed by atoms with Gasteiger partial charge in [0.15, 0.2) is 0 Å². The van der Waals surface area contributed by atoms with Gasteiger partial charge in [0.1, 0.15) is 23.0 Å². The molecule has 1 aromatic heterocycles. The SMILES string of the molecule is Nc1c(N)c(N)n(N)c1N. The van der Waals surface area contributed by atoms with Crippen molar-refractivity contribution in [3.05, 3.63) is 0 Å². The highest BCUT2D eigenvalue weighted by atomic mass is 15.4. The second-order valence-electron chi connectivity index (χ2n) is 1.97. The van der Waals surface area contributed by atoms with E-state index in [1.165, 1.54) is 0 Å². The van der Waals surface area contributed by atoms with Crippen LogP contribution in [0.25, 0.3) is 0 Å². The van der Waals surface area contributed by atoms with Crippen molar-refractivity contribution in [1.29, 1.82) is 0 Å². The highest BCUT2D eigenvalue weighted by molar-refractivity contribution is 5.85. The summed E-state index contributed by atoms with van der Waals surface area (Å²) >= 11 is 0. The molecule has 0 saturated carbocycles. The lowest BCUT2D eigenvalue weighted by molar-refractivity contribution is 1.05. The first-order chi connectivity index (χ1) is 4.55. The molecule has 0 bridgehead atoms. The molecular formula is C4H10N6. The van der Waals surface area contributed by atoms with Gasteiger partial charge in [0.05, 0.1) is 0 Å². The summed E-state index contributed by atoms with van der Waals surface area (Å²) in [5.74, 6) is 5.69. The Bertz CT molecular complexity index is 181. The lowest BCUT2D eigenvalue weighted by Gasteiger charge is -1.96. The minimum absolute atomic E-state index is 0.190. The van der Waals surface area contributed by atoms with E-state index in [2.05, 4.69) is 0 Å². The third-order valence-corrected chi connectivity index (χ3v) is 1.36. The van der Waals surface area contributed by atoms with E-state index >= 15 is 0 Å². The van der Waals surface area contributed by atoms with E-state index in [9.17, 15) is 0 Å². The van der Waals surface area contributed by atoms with Crippen LogP contribution in [0.3, 0.4) is 0 Å². The normalized spacial score (nSPS) is 10.0. The Kier molecular flexibility index (Phi) is 1.04. The Balaban J connectivity index is 3.44. The van der Waals surface area contributed by atoms with Crippen molar-refractivity contribution in [3.63, 3.8) is 0 Å². The van der Waals surface area contributed by atoms with E-state index in [0.29, 0.717) is 0 Å². The minimum Gasteiger partial charge on any atom is -0.394 e. The molecule has 6 heteroatoms. The molecule has 0 aliphatic heterocycles. The van der Waals surface area contributed by atoms with Crippen LogP contribution >= 0.6 is 0 Å². The fourth-order valence-corrected chi connectivity index (χ4v) is 0.665. The second-order valence-corrected chi connectivity index (χ2v) is 1.97. The topological polar surface area (TPSA) is 135 Å². The van der Waals surface area contributed by atoms with Crippen molar-refractivity contribution in [3.8, 4) is 0 Å². The van der Waals surface area contributed by atoms with Gasteiger partial charge in [-0.1, -0.05) is 0 Å². The van der Waals surface area contributed by atoms with Crippen molar-refractivity contribution in [2.24, 2.45) is 0 Å². The molecule has 0 fully saturated rings. The lowest BCUT2D eigenvalue weighted by atomic mass is 10.4. The third-order valence-electron chi connectivity index (χ3n) is 1.36. The first-order valence-corrected chi connectivity index (χ1v) is 2.61. The van der Waals surface area contributed by atoms with Crippen molar-refractivity contribution in [1.82, 2.24) is 4.68 Å². The van der Waals surface area contributed by atoms with Crippen LogP contribution in [0.4, 0.5) is 23.0 Å². The Labute approximate surface area is 57.5 Å². The maximum Gasteiger partial charge on any atom is 0.150 e. The standard InChI is InChI=1S/C4H10N6/c5-1-2(6)4(8)10(9)3(1)7/h5-9H2. The summed E-state index contributed by atoms with van der Waals surface area (Å²) in [6.07, 6.45) is 0. The van der Waals surface area contributed by atoms with Crippen molar-refractivity contribution in [2.75, 3.05) is 28.8 Å². The summed E-state index contributed by atoms with van der Waals surface area (Å²) in [5, 5.41) is 0.